The third kappa shape index (κ3) is 1.61. The molecule has 2 rings (SSSR count). The Kier molecular flexibility index (Phi) is 2.12. The first kappa shape index (κ1) is 8.75. The SMILES string of the molecule is CC1(c2cccs2)CCC(=O)NC1. The number of piperidine rings is 1. The zero-order valence-corrected chi connectivity index (χ0v) is 8.49. The van der Waals surface area contributed by atoms with Crippen molar-refractivity contribution in [2.24, 2.45) is 0 Å². The number of carbonyl (C=O) groups is 1. The van der Waals surface area contributed by atoms with Gasteiger partial charge in [-0.2, -0.15) is 0 Å². The minimum Gasteiger partial charge on any atom is -0.355 e. The lowest BCUT2D eigenvalue weighted by molar-refractivity contribution is -0.123. The first-order valence-electron chi connectivity index (χ1n) is 4.51. The van der Waals surface area contributed by atoms with Crippen LogP contribution >= 0.6 is 11.3 Å². The van der Waals surface area contributed by atoms with Gasteiger partial charge < -0.3 is 5.32 Å². The van der Waals surface area contributed by atoms with Crippen LogP contribution < -0.4 is 5.32 Å². The zero-order chi connectivity index (χ0) is 9.31. The van der Waals surface area contributed by atoms with Gasteiger partial charge in [-0.25, -0.2) is 0 Å². The number of carbonyl (C=O) groups excluding carboxylic acids is 1. The molecule has 1 aromatic heterocycles. The zero-order valence-electron chi connectivity index (χ0n) is 7.67. The molecular formula is C10H13NOS. The quantitative estimate of drug-likeness (QED) is 0.728. The van der Waals surface area contributed by atoms with Gasteiger partial charge in [-0.15, -0.1) is 11.3 Å². The monoisotopic (exact) mass is 195 g/mol. The van der Waals surface area contributed by atoms with Gasteiger partial charge in [0.2, 0.25) is 5.91 Å². The summed E-state index contributed by atoms with van der Waals surface area (Å²) in [7, 11) is 0. The Hall–Kier alpha value is -0.830. The van der Waals surface area contributed by atoms with Crippen molar-refractivity contribution in [3.63, 3.8) is 0 Å². The standard InChI is InChI=1S/C10H13NOS/c1-10(8-3-2-6-13-8)5-4-9(12)11-7-10/h2-3,6H,4-5,7H2,1H3,(H,11,12). The Balaban J connectivity index is 2.18. The largest absolute Gasteiger partial charge is 0.355 e. The molecule has 0 bridgehead atoms. The lowest BCUT2D eigenvalue weighted by Gasteiger charge is -2.32. The van der Waals surface area contributed by atoms with Crippen LogP contribution in [0.2, 0.25) is 0 Å². The topological polar surface area (TPSA) is 29.1 Å². The number of amides is 1. The fourth-order valence-electron chi connectivity index (χ4n) is 1.69. The molecule has 1 unspecified atom stereocenters. The molecule has 70 valence electrons. The molecule has 1 fully saturated rings. The Morgan fingerprint density at radius 2 is 2.46 bits per heavy atom. The molecule has 0 saturated carbocycles. The molecule has 2 heterocycles. The molecule has 0 aromatic carbocycles. The highest BCUT2D eigenvalue weighted by molar-refractivity contribution is 7.10. The van der Waals surface area contributed by atoms with Gasteiger partial charge in [-0.1, -0.05) is 13.0 Å². The molecule has 1 saturated heterocycles. The van der Waals surface area contributed by atoms with Crippen molar-refractivity contribution in [1.82, 2.24) is 5.32 Å². The molecular weight excluding hydrogens is 182 g/mol. The van der Waals surface area contributed by atoms with Crippen molar-refractivity contribution >= 4 is 17.2 Å². The highest BCUT2D eigenvalue weighted by Crippen LogP contribution is 2.33. The number of rotatable bonds is 1. The van der Waals surface area contributed by atoms with Crippen molar-refractivity contribution in [1.29, 1.82) is 0 Å². The lowest BCUT2D eigenvalue weighted by Crippen LogP contribution is -2.43. The maximum atomic E-state index is 11.0. The van der Waals surface area contributed by atoms with E-state index in [1.807, 2.05) is 0 Å². The van der Waals surface area contributed by atoms with Crippen LogP contribution in [0.15, 0.2) is 17.5 Å². The van der Waals surface area contributed by atoms with Crippen molar-refractivity contribution < 1.29 is 4.79 Å². The van der Waals surface area contributed by atoms with Crippen LogP contribution in [0.4, 0.5) is 0 Å². The smallest absolute Gasteiger partial charge is 0.220 e. The summed E-state index contributed by atoms with van der Waals surface area (Å²) < 4.78 is 0. The highest BCUT2D eigenvalue weighted by Gasteiger charge is 2.32. The molecule has 0 aliphatic carbocycles. The van der Waals surface area contributed by atoms with E-state index in [-0.39, 0.29) is 11.3 Å². The van der Waals surface area contributed by atoms with E-state index in [4.69, 9.17) is 0 Å². The van der Waals surface area contributed by atoms with Crippen LogP contribution in [0.1, 0.15) is 24.6 Å². The van der Waals surface area contributed by atoms with E-state index < -0.39 is 0 Å². The summed E-state index contributed by atoms with van der Waals surface area (Å²) in [5.74, 6) is 0.189. The van der Waals surface area contributed by atoms with E-state index >= 15 is 0 Å². The maximum absolute atomic E-state index is 11.0. The summed E-state index contributed by atoms with van der Waals surface area (Å²) in [6, 6.07) is 4.23. The number of hydrogen-bond acceptors (Lipinski definition) is 2. The van der Waals surface area contributed by atoms with Gasteiger partial charge in [-0.05, 0) is 17.9 Å². The summed E-state index contributed by atoms with van der Waals surface area (Å²) in [5, 5.41) is 5.02. The second-order valence-corrected chi connectivity index (χ2v) is 4.76. The minimum atomic E-state index is 0.169. The second-order valence-electron chi connectivity index (χ2n) is 3.81. The average molecular weight is 195 g/mol. The van der Waals surface area contributed by atoms with E-state index in [9.17, 15) is 4.79 Å². The Bertz CT molecular complexity index is 295. The van der Waals surface area contributed by atoms with Gasteiger partial charge >= 0.3 is 0 Å². The van der Waals surface area contributed by atoms with Crippen LogP contribution in [0.3, 0.4) is 0 Å². The van der Waals surface area contributed by atoms with E-state index in [2.05, 4.69) is 29.8 Å². The maximum Gasteiger partial charge on any atom is 0.220 e. The molecule has 1 atom stereocenters. The molecule has 13 heavy (non-hydrogen) atoms. The third-order valence-electron chi connectivity index (χ3n) is 2.70. The summed E-state index contributed by atoms with van der Waals surface area (Å²) in [6.45, 7) is 3.00. The van der Waals surface area contributed by atoms with Crippen LogP contribution in [-0.4, -0.2) is 12.5 Å². The van der Waals surface area contributed by atoms with Crippen molar-refractivity contribution in [2.75, 3.05) is 6.54 Å². The molecule has 3 heteroatoms. The molecule has 1 aliphatic rings. The predicted molar refractivity (Wildman–Crippen MR) is 53.9 cm³/mol. The predicted octanol–water partition coefficient (Wildman–Crippen LogP) is 1.92. The van der Waals surface area contributed by atoms with Gasteiger partial charge in [-0.3, -0.25) is 4.79 Å². The van der Waals surface area contributed by atoms with E-state index in [1.54, 1.807) is 11.3 Å². The van der Waals surface area contributed by atoms with Crippen LogP contribution in [0.5, 0.6) is 0 Å². The van der Waals surface area contributed by atoms with Gasteiger partial charge in [0, 0.05) is 23.3 Å². The van der Waals surface area contributed by atoms with Crippen molar-refractivity contribution in [3.8, 4) is 0 Å². The van der Waals surface area contributed by atoms with Crippen LogP contribution in [0, 0.1) is 0 Å². The number of thiophene rings is 1. The molecule has 0 radical (unpaired) electrons. The molecule has 1 N–H and O–H groups in total. The molecule has 1 amide bonds. The number of hydrogen-bond donors (Lipinski definition) is 1. The lowest BCUT2D eigenvalue weighted by atomic mass is 9.81. The molecule has 1 aliphatic heterocycles. The summed E-state index contributed by atoms with van der Waals surface area (Å²) in [6.07, 6.45) is 1.63. The first-order chi connectivity index (χ1) is 6.21. The van der Waals surface area contributed by atoms with Crippen LogP contribution in [-0.2, 0) is 10.2 Å². The fraction of sp³-hybridized carbons (Fsp3) is 0.500. The first-order valence-corrected chi connectivity index (χ1v) is 5.39. The average Bonchev–Trinajstić information content (AvgIpc) is 2.63. The van der Waals surface area contributed by atoms with Gasteiger partial charge in [0.15, 0.2) is 0 Å². The highest BCUT2D eigenvalue weighted by atomic mass is 32.1. The second kappa shape index (κ2) is 3.14. The van der Waals surface area contributed by atoms with Gasteiger partial charge in [0.05, 0.1) is 0 Å². The number of nitrogens with one attached hydrogen (secondary N) is 1. The van der Waals surface area contributed by atoms with E-state index in [1.165, 1.54) is 4.88 Å². The van der Waals surface area contributed by atoms with Crippen molar-refractivity contribution in [3.05, 3.63) is 22.4 Å². The molecule has 0 spiro atoms. The Labute approximate surface area is 82.0 Å². The minimum absolute atomic E-state index is 0.169. The third-order valence-corrected chi connectivity index (χ3v) is 3.87. The summed E-state index contributed by atoms with van der Waals surface area (Å²) >= 11 is 1.78. The molecule has 2 nitrogen and oxygen atoms in total. The van der Waals surface area contributed by atoms with Gasteiger partial charge in [0.1, 0.15) is 0 Å². The fourth-order valence-corrected chi connectivity index (χ4v) is 2.61. The Morgan fingerprint density at radius 3 is 3.00 bits per heavy atom. The Morgan fingerprint density at radius 1 is 1.62 bits per heavy atom. The van der Waals surface area contributed by atoms with Crippen LogP contribution in [0.25, 0.3) is 0 Å². The summed E-state index contributed by atoms with van der Waals surface area (Å²) in [4.78, 5) is 12.4. The van der Waals surface area contributed by atoms with E-state index in [0.717, 1.165) is 13.0 Å². The van der Waals surface area contributed by atoms with E-state index in [0.29, 0.717) is 6.42 Å². The molecule has 1 aromatic rings. The normalized spacial score (nSPS) is 28.5. The van der Waals surface area contributed by atoms with Gasteiger partial charge in [0.25, 0.3) is 0 Å². The summed E-state index contributed by atoms with van der Waals surface area (Å²) in [5.41, 5.74) is 0.169. The van der Waals surface area contributed by atoms with Crippen molar-refractivity contribution in [2.45, 2.75) is 25.2 Å².